The molecule has 3 rings (SSSR count). The maximum absolute atomic E-state index is 6.20. The Hall–Kier alpha value is -1.72. The fourth-order valence-corrected chi connectivity index (χ4v) is 3.04. The lowest BCUT2D eigenvalue weighted by Crippen LogP contribution is -2.19. The summed E-state index contributed by atoms with van der Waals surface area (Å²) in [6.45, 7) is 2.62. The first-order valence-electron chi connectivity index (χ1n) is 8.58. The molecule has 124 valence electrons. The number of rotatable bonds is 6. The van der Waals surface area contributed by atoms with Crippen molar-refractivity contribution in [1.29, 1.82) is 0 Å². The summed E-state index contributed by atoms with van der Waals surface area (Å²) in [6.07, 6.45) is 7.16. The normalized spacial score (nSPS) is 17.3. The van der Waals surface area contributed by atoms with Crippen molar-refractivity contribution >= 4 is 0 Å². The van der Waals surface area contributed by atoms with Gasteiger partial charge in [0.05, 0.1) is 6.10 Å². The molecule has 0 aliphatic heterocycles. The zero-order valence-corrected chi connectivity index (χ0v) is 13.7. The molecule has 0 bridgehead atoms. The van der Waals surface area contributed by atoms with E-state index in [1.54, 1.807) is 0 Å². The average molecular weight is 315 g/mol. The van der Waals surface area contributed by atoms with Gasteiger partial charge in [-0.05, 0) is 24.8 Å². The fourth-order valence-electron chi connectivity index (χ4n) is 3.04. The van der Waals surface area contributed by atoms with Crippen LogP contribution in [-0.2, 0) is 11.3 Å². The van der Waals surface area contributed by atoms with Crippen LogP contribution in [-0.4, -0.2) is 16.2 Å². The van der Waals surface area contributed by atoms with Crippen molar-refractivity contribution in [2.24, 2.45) is 5.73 Å². The molecule has 1 fully saturated rings. The first kappa shape index (κ1) is 16.1. The van der Waals surface area contributed by atoms with Crippen LogP contribution in [0.4, 0.5) is 0 Å². The van der Waals surface area contributed by atoms with Gasteiger partial charge in [-0.1, -0.05) is 55.6 Å². The maximum Gasteiger partial charge on any atom is 0.256 e. The number of hydrogen-bond donors (Lipinski definition) is 1. The summed E-state index contributed by atoms with van der Waals surface area (Å²) < 4.78 is 11.7. The summed E-state index contributed by atoms with van der Waals surface area (Å²) in [5.74, 6) is 1.19. The number of nitrogens with zero attached hydrogens (tertiary/aromatic N) is 2. The SMILES string of the molecule is CCC(OC1CCCCC1)c1nc(-c2ccc(CN)cc2)no1. The van der Waals surface area contributed by atoms with Gasteiger partial charge in [0, 0.05) is 12.1 Å². The highest BCUT2D eigenvalue weighted by molar-refractivity contribution is 5.54. The quantitative estimate of drug-likeness (QED) is 0.872. The van der Waals surface area contributed by atoms with Gasteiger partial charge in [-0.15, -0.1) is 0 Å². The molecule has 1 aromatic heterocycles. The lowest BCUT2D eigenvalue weighted by molar-refractivity contribution is -0.0468. The van der Waals surface area contributed by atoms with E-state index in [1.807, 2.05) is 24.3 Å². The summed E-state index contributed by atoms with van der Waals surface area (Å²) >= 11 is 0. The van der Waals surface area contributed by atoms with Gasteiger partial charge in [0.25, 0.3) is 5.89 Å². The number of aromatic nitrogens is 2. The first-order valence-corrected chi connectivity index (χ1v) is 8.58. The molecular weight excluding hydrogens is 290 g/mol. The lowest BCUT2D eigenvalue weighted by Gasteiger charge is -2.25. The highest BCUT2D eigenvalue weighted by Crippen LogP contribution is 2.29. The van der Waals surface area contributed by atoms with Crippen LogP contribution < -0.4 is 5.73 Å². The van der Waals surface area contributed by atoms with E-state index in [1.165, 1.54) is 19.3 Å². The third-order valence-electron chi connectivity index (χ3n) is 4.44. The zero-order chi connectivity index (χ0) is 16.1. The monoisotopic (exact) mass is 315 g/mol. The molecule has 1 saturated carbocycles. The Labute approximate surface area is 137 Å². The Bertz CT molecular complexity index is 603. The van der Waals surface area contributed by atoms with E-state index < -0.39 is 0 Å². The van der Waals surface area contributed by atoms with Crippen LogP contribution >= 0.6 is 0 Å². The summed E-state index contributed by atoms with van der Waals surface area (Å²) in [6, 6.07) is 7.92. The number of benzene rings is 1. The van der Waals surface area contributed by atoms with Crippen LogP contribution in [0.15, 0.2) is 28.8 Å². The first-order chi connectivity index (χ1) is 11.3. The predicted octanol–water partition coefficient (Wildman–Crippen LogP) is 4.00. The van der Waals surface area contributed by atoms with Crippen molar-refractivity contribution in [1.82, 2.24) is 10.1 Å². The molecule has 5 nitrogen and oxygen atoms in total. The molecule has 1 aliphatic carbocycles. The highest BCUT2D eigenvalue weighted by atomic mass is 16.5. The van der Waals surface area contributed by atoms with E-state index in [4.69, 9.17) is 15.0 Å². The van der Waals surface area contributed by atoms with Crippen LogP contribution in [0, 0.1) is 0 Å². The van der Waals surface area contributed by atoms with E-state index in [0.717, 1.165) is 30.4 Å². The second-order valence-corrected chi connectivity index (χ2v) is 6.15. The molecule has 0 spiro atoms. The van der Waals surface area contributed by atoms with Gasteiger partial charge < -0.3 is 15.0 Å². The number of hydrogen-bond acceptors (Lipinski definition) is 5. The molecule has 2 N–H and O–H groups in total. The Kier molecular flexibility index (Phi) is 5.41. The second kappa shape index (κ2) is 7.70. The fraction of sp³-hybridized carbons (Fsp3) is 0.556. The van der Waals surface area contributed by atoms with E-state index in [0.29, 0.717) is 24.4 Å². The topological polar surface area (TPSA) is 74.2 Å². The number of ether oxygens (including phenoxy) is 1. The molecule has 23 heavy (non-hydrogen) atoms. The molecule has 0 radical (unpaired) electrons. The Balaban J connectivity index is 1.70. The van der Waals surface area contributed by atoms with Crippen molar-refractivity contribution in [3.63, 3.8) is 0 Å². The van der Waals surface area contributed by atoms with Gasteiger partial charge in [0.1, 0.15) is 6.10 Å². The third-order valence-corrected chi connectivity index (χ3v) is 4.44. The Morgan fingerprint density at radius 2 is 1.96 bits per heavy atom. The molecule has 1 aromatic carbocycles. The molecule has 0 amide bonds. The Morgan fingerprint density at radius 1 is 1.22 bits per heavy atom. The van der Waals surface area contributed by atoms with Crippen LogP contribution in [0.5, 0.6) is 0 Å². The lowest BCUT2D eigenvalue weighted by atomic mass is 9.97. The molecule has 1 heterocycles. The largest absolute Gasteiger partial charge is 0.365 e. The molecule has 1 atom stereocenters. The van der Waals surface area contributed by atoms with E-state index in [2.05, 4.69) is 17.1 Å². The molecule has 0 saturated heterocycles. The minimum Gasteiger partial charge on any atom is -0.365 e. The van der Waals surface area contributed by atoms with E-state index in [-0.39, 0.29) is 6.10 Å². The van der Waals surface area contributed by atoms with Gasteiger partial charge in [-0.25, -0.2) is 0 Å². The molecule has 5 heteroatoms. The van der Waals surface area contributed by atoms with Gasteiger partial charge in [-0.2, -0.15) is 4.98 Å². The van der Waals surface area contributed by atoms with Gasteiger partial charge in [0.15, 0.2) is 0 Å². The van der Waals surface area contributed by atoms with Crippen LogP contribution in [0.1, 0.15) is 63.0 Å². The summed E-state index contributed by atoms with van der Waals surface area (Å²) in [5.41, 5.74) is 7.65. The molecule has 1 unspecified atom stereocenters. The van der Waals surface area contributed by atoms with Crippen LogP contribution in [0.3, 0.4) is 0 Å². The van der Waals surface area contributed by atoms with E-state index in [9.17, 15) is 0 Å². The minimum atomic E-state index is -0.109. The Morgan fingerprint density at radius 3 is 2.61 bits per heavy atom. The molecule has 2 aromatic rings. The summed E-state index contributed by atoms with van der Waals surface area (Å²) in [5, 5.41) is 4.11. The van der Waals surface area contributed by atoms with Crippen LogP contribution in [0.25, 0.3) is 11.4 Å². The second-order valence-electron chi connectivity index (χ2n) is 6.15. The third kappa shape index (κ3) is 3.98. The zero-order valence-electron chi connectivity index (χ0n) is 13.7. The average Bonchev–Trinajstić information content (AvgIpc) is 3.10. The van der Waals surface area contributed by atoms with Crippen LogP contribution in [0.2, 0.25) is 0 Å². The molecular formula is C18H25N3O2. The summed E-state index contributed by atoms with van der Waals surface area (Å²) in [4.78, 5) is 4.54. The van der Waals surface area contributed by atoms with Crippen molar-refractivity contribution in [3.05, 3.63) is 35.7 Å². The smallest absolute Gasteiger partial charge is 0.256 e. The molecule has 1 aliphatic rings. The summed E-state index contributed by atoms with van der Waals surface area (Å²) in [7, 11) is 0. The minimum absolute atomic E-state index is 0.109. The van der Waals surface area contributed by atoms with Gasteiger partial charge >= 0.3 is 0 Å². The van der Waals surface area contributed by atoms with Crippen molar-refractivity contribution in [3.8, 4) is 11.4 Å². The van der Waals surface area contributed by atoms with E-state index >= 15 is 0 Å². The van der Waals surface area contributed by atoms with Crippen molar-refractivity contribution in [2.45, 2.75) is 64.2 Å². The highest BCUT2D eigenvalue weighted by Gasteiger charge is 2.24. The standard InChI is InChI=1S/C18H25N3O2/c1-2-16(22-15-6-4-3-5-7-15)18-20-17(21-23-18)14-10-8-13(12-19)9-11-14/h8-11,15-16H,2-7,12,19H2,1H3. The number of nitrogens with two attached hydrogens (primary N) is 1. The maximum atomic E-state index is 6.20. The van der Waals surface area contributed by atoms with Gasteiger partial charge in [-0.3, -0.25) is 0 Å². The van der Waals surface area contributed by atoms with Crippen molar-refractivity contribution in [2.75, 3.05) is 0 Å². The van der Waals surface area contributed by atoms with Gasteiger partial charge in [0.2, 0.25) is 5.82 Å². The van der Waals surface area contributed by atoms with Crippen molar-refractivity contribution < 1.29 is 9.26 Å². The predicted molar refractivity (Wildman–Crippen MR) is 88.6 cm³/mol.